The lowest BCUT2D eigenvalue weighted by atomic mass is 10.0. The first kappa shape index (κ1) is 24.4. The number of amides is 2. The van der Waals surface area contributed by atoms with Crippen LogP contribution >= 0.6 is 0 Å². The van der Waals surface area contributed by atoms with Gasteiger partial charge >= 0.3 is 6.09 Å². The van der Waals surface area contributed by atoms with Crippen molar-refractivity contribution < 1.29 is 14.3 Å². The monoisotopic (exact) mass is 471 g/mol. The van der Waals surface area contributed by atoms with Crippen LogP contribution in [-0.2, 0) is 16.1 Å². The highest BCUT2D eigenvalue weighted by Gasteiger charge is 2.28. The summed E-state index contributed by atoms with van der Waals surface area (Å²) in [5.74, 6) is -0.220. The van der Waals surface area contributed by atoms with Crippen molar-refractivity contribution in [1.82, 2.24) is 5.01 Å². The number of carbonyl (C=O) groups excluding carboxylic acids is 2. The molecule has 1 saturated heterocycles. The maximum absolute atomic E-state index is 13.3. The van der Waals surface area contributed by atoms with E-state index in [4.69, 9.17) is 10.5 Å². The van der Waals surface area contributed by atoms with Gasteiger partial charge in [-0.3, -0.25) is 4.79 Å². The molecule has 4 rings (SSSR count). The van der Waals surface area contributed by atoms with Crippen LogP contribution in [0, 0.1) is 6.42 Å². The second kappa shape index (κ2) is 12.1. The molecule has 0 aliphatic carbocycles. The van der Waals surface area contributed by atoms with E-state index in [1.807, 2.05) is 83.9 Å². The van der Waals surface area contributed by atoms with Gasteiger partial charge in [0.2, 0.25) is 5.91 Å². The molecule has 1 heterocycles. The summed E-state index contributed by atoms with van der Waals surface area (Å²) in [4.78, 5) is 25.7. The van der Waals surface area contributed by atoms with E-state index in [9.17, 15) is 9.59 Å². The van der Waals surface area contributed by atoms with Crippen LogP contribution in [0.5, 0.6) is 0 Å². The number of hydrogen-bond donors (Lipinski definition) is 2. The van der Waals surface area contributed by atoms with Crippen molar-refractivity contribution in [2.75, 3.05) is 30.0 Å². The lowest BCUT2D eigenvalue weighted by Gasteiger charge is -2.37. The molecule has 0 bridgehead atoms. The summed E-state index contributed by atoms with van der Waals surface area (Å²) in [6, 6.07) is 25.1. The minimum Gasteiger partial charge on any atom is -0.448 e. The average Bonchev–Trinajstić information content (AvgIpc) is 2.91. The van der Waals surface area contributed by atoms with E-state index in [2.05, 4.69) is 11.7 Å². The minimum absolute atomic E-state index is 0.0183. The van der Waals surface area contributed by atoms with Crippen molar-refractivity contribution in [1.29, 1.82) is 0 Å². The predicted octanol–water partition coefficient (Wildman–Crippen LogP) is 5.00. The number of hydrazine groups is 1. The van der Waals surface area contributed by atoms with Crippen molar-refractivity contribution in [2.24, 2.45) is 5.73 Å². The topological polar surface area (TPSA) is 87.9 Å². The van der Waals surface area contributed by atoms with Gasteiger partial charge in [0.1, 0.15) is 6.61 Å². The Balaban J connectivity index is 1.45. The largest absolute Gasteiger partial charge is 0.448 e. The van der Waals surface area contributed by atoms with Crippen molar-refractivity contribution in [3.8, 4) is 11.1 Å². The number of hydrogen-bond acceptors (Lipinski definition) is 5. The zero-order valence-electron chi connectivity index (χ0n) is 19.7. The van der Waals surface area contributed by atoms with Crippen LogP contribution in [0.3, 0.4) is 0 Å². The first-order valence-corrected chi connectivity index (χ1v) is 11.9. The molecule has 1 radical (unpaired) electrons. The van der Waals surface area contributed by atoms with E-state index in [0.717, 1.165) is 48.3 Å². The number of nitrogens with one attached hydrogen (secondary N) is 1. The second-order valence-corrected chi connectivity index (χ2v) is 8.33. The second-order valence-electron chi connectivity index (χ2n) is 8.33. The number of nitrogens with zero attached hydrogens (tertiary/aromatic N) is 2. The molecule has 0 unspecified atom stereocenters. The SMILES string of the molecule is NCc1ccc(NC(=O)CCOC(=O)N(c2ccccc2-c2ccccc2)N2CC[CH]CC2)cc1. The lowest BCUT2D eigenvalue weighted by molar-refractivity contribution is -0.116. The number of benzene rings is 3. The van der Waals surface area contributed by atoms with E-state index in [1.54, 1.807) is 5.01 Å². The first-order chi connectivity index (χ1) is 17.2. The van der Waals surface area contributed by atoms with Crippen LogP contribution in [0.2, 0.25) is 0 Å². The zero-order valence-corrected chi connectivity index (χ0v) is 19.7. The first-order valence-electron chi connectivity index (χ1n) is 11.9. The number of anilines is 2. The lowest BCUT2D eigenvalue weighted by Crippen LogP contribution is -2.49. The fourth-order valence-electron chi connectivity index (χ4n) is 4.06. The van der Waals surface area contributed by atoms with E-state index < -0.39 is 6.09 Å². The Morgan fingerprint density at radius 2 is 1.60 bits per heavy atom. The molecule has 3 aromatic rings. The standard InChI is InChI=1S/C28H31N4O3/c29-21-22-13-15-24(16-14-22)30-27(33)17-20-35-28(34)32(31-18-7-2-8-19-31)26-12-6-5-11-25(26)23-9-3-1-4-10-23/h1-6,9-16H,7-8,17-21,29H2,(H,30,33). The Hall–Kier alpha value is -3.68. The molecule has 35 heavy (non-hydrogen) atoms. The number of carbonyl (C=O) groups is 2. The Labute approximate surface area is 206 Å². The molecule has 0 atom stereocenters. The number of nitrogens with two attached hydrogens (primary N) is 1. The molecule has 1 fully saturated rings. The maximum Gasteiger partial charge on any atom is 0.429 e. The Morgan fingerprint density at radius 1 is 0.914 bits per heavy atom. The fourth-order valence-corrected chi connectivity index (χ4v) is 4.06. The molecular weight excluding hydrogens is 440 g/mol. The highest BCUT2D eigenvalue weighted by Crippen LogP contribution is 2.33. The number of para-hydroxylation sites is 1. The van der Waals surface area contributed by atoms with Crippen molar-refractivity contribution >= 4 is 23.4 Å². The van der Waals surface area contributed by atoms with Gasteiger partial charge in [-0.15, -0.1) is 0 Å². The Kier molecular flexibility index (Phi) is 8.48. The third-order valence-corrected chi connectivity index (χ3v) is 5.88. The van der Waals surface area contributed by atoms with Gasteiger partial charge in [-0.1, -0.05) is 60.7 Å². The van der Waals surface area contributed by atoms with Gasteiger partial charge in [0, 0.05) is 30.9 Å². The maximum atomic E-state index is 13.3. The third-order valence-electron chi connectivity index (χ3n) is 5.88. The molecule has 1 aliphatic heterocycles. The molecule has 3 N–H and O–H groups in total. The van der Waals surface area contributed by atoms with E-state index in [-0.39, 0.29) is 18.9 Å². The molecule has 7 nitrogen and oxygen atoms in total. The van der Waals surface area contributed by atoms with Crippen LogP contribution in [0.25, 0.3) is 11.1 Å². The Bertz CT molecular complexity index is 1110. The van der Waals surface area contributed by atoms with Gasteiger partial charge in [0.15, 0.2) is 0 Å². The predicted molar refractivity (Wildman–Crippen MR) is 138 cm³/mol. The van der Waals surface area contributed by atoms with Gasteiger partial charge in [-0.2, -0.15) is 0 Å². The highest BCUT2D eigenvalue weighted by molar-refractivity contribution is 5.94. The third kappa shape index (κ3) is 6.47. The number of ether oxygens (including phenoxy) is 1. The Morgan fingerprint density at radius 3 is 2.31 bits per heavy atom. The van der Waals surface area contributed by atoms with E-state index >= 15 is 0 Å². The summed E-state index contributed by atoms with van der Waals surface area (Å²) in [5, 5.41) is 6.46. The summed E-state index contributed by atoms with van der Waals surface area (Å²) in [5.41, 5.74) is 10.0. The number of rotatable bonds is 8. The molecule has 0 aromatic heterocycles. The molecule has 0 saturated carbocycles. The molecule has 3 aromatic carbocycles. The van der Waals surface area contributed by atoms with Crippen molar-refractivity contribution in [3.05, 3.63) is 90.8 Å². The summed E-state index contributed by atoms with van der Waals surface area (Å²) >= 11 is 0. The molecule has 2 amide bonds. The average molecular weight is 472 g/mol. The summed E-state index contributed by atoms with van der Waals surface area (Å²) < 4.78 is 5.61. The number of piperidine rings is 1. The van der Waals surface area contributed by atoms with Gasteiger partial charge in [0.05, 0.1) is 12.1 Å². The van der Waals surface area contributed by atoms with Gasteiger partial charge < -0.3 is 15.8 Å². The smallest absolute Gasteiger partial charge is 0.429 e. The van der Waals surface area contributed by atoms with Crippen LogP contribution in [0.1, 0.15) is 24.8 Å². The van der Waals surface area contributed by atoms with E-state index in [0.29, 0.717) is 12.2 Å². The molecule has 1 aliphatic rings. The van der Waals surface area contributed by atoms with Crippen LogP contribution in [-0.4, -0.2) is 36.7 Å². The molecule has 181 valence electrons. The summed E-state index contributed by atoms with van der Waals surface area (Å²) in [6.07, 6.45) is 3.58. The normalized spacial score (nSPS) is 13.7. The van der Waals surface area contributed by atoms with Crippen LogP contribution < -0.4 is 16.1 Å². The molecular formula is C28H31N4O3. The molecule has 7 heteroatoms. The van der Waals surface area contributed by atoms with Gasteiger partial charge in [-0.05, 0) is 48.6 Å². The van der Waals surface area contributed by atoms with Crippen molar-refractivity contribution in [3.63, 3.8) is 0 Å². The van der Waals surface area contributed by atoms with E-state index in [1.165, 1.54) is 0 Å². The fraction of sp³-hybridized carbons (Fsp3) is 0.250. The van der Waals surface area contributed by atoms with Gasteiger partial charge in [-0.25, -0.2) is 14.8 Å². The highest BCUT2D eigenvalue weighted by atomic mass is 16.6. The summed E-state index contributed by atoms with van der Waals surface area (Å²) in [6.45, 7) is 1.87. The minimum atomic E-state index is -0.490. The van der Waals surface area contributed by atoms with Gasteiger partial charge in [0.25, 0.3) is 0 Å². The zero-order chi connectivity index (χ0) is 24.5. The quantitative estimate of drug-likeness (QED) is 0.483. The summed E-state index contributed by atoms with van der Waals surface area (Å²) in [7, 11) is 0. The van der Waals surface area contributed by atoms with Crippen LogP contribution in [0.4, 0.5) is 16.2 Å². The molecule has 0 spiro atoms. The van der Waals surface area contributed by atoms with Crippen LogP contribution in [0.15, 0.2) is 78.9 Å². The van der Waals surface area contributed by atoms with Crippen molar-refractivity contribution in [2.45, 2.75) is 25.8 Å².